The molecule has 1 aliphatic carbocycles. The molecule has 6 nitrogen and oxygen atoms in total. The lowest BCUT2D eigenvalue weighted by atomic mass is 10.1. The van der Waals surface area contributed by atoms with Crippen LogP contribution in [0, 0.1) is 17.3 Å². The van der Waals surface area contributed by atoms with Crippen LogP contribution >= 0.6 is 0 Å². The van der Waals surface area contributed by atoms with E-state index >= 15 is 0 Å². The molecule has 1 fully saturated rings. The molecule has 6 heteroatoms. The van der Waals surface area contributed by atoms with Crippen LogP contribution in [0.15, 0.2) is 0 Å². The van der Waals surface area contributed by atoms with Gasteiger partial charge in [-0.3, -0.25) is 14.4 Å². The maximum absolute atomic E-state index is 11.8. The Labute approximate surface area is 106 Å². The molecule has 2 unspecified atom stereocenters. The van der Waals surface area contributed by atoms with E-state index in [1.165, 1.54) is 4.90 Å². The second kappa shape index (κ2) is 4.96. The third kappa shape index (κ3) is 2.80. The molecular formula is C12H20N2O4. The third-order valence-corrected chi connectivity index (χ3v) is 3.51. The standard InChI is InChI=1S/C12H20N2O4/c1-12(2)8(9(12)11(17)18)10(16)13-6-5-7(15)14(3)4/h8-9H,5-6H2,1-4H3,(H,13,16)(H,17,18). The summed E-state index contributed by atoms with van der Waals surface area (Å²) in [6, 6.07) is 0. The summed E-state index contributed by atoms with van der Waals surface area (Å²) in [6.45, 7) is 3.77. The van der Waals surface area contributed by atoms with Gasteiger partial charge >= 0.3 is 5.97 Å². The number of hydrogen-bond donors (Lipinski definition) is 2. The van der Waals surface area contributed by atoms with Crippen LogP contribution in [0.4, 0.5) is 0 Å². The number of hydrogen-bond acceptors (Lipinski definition) is 3. The number of nitrogens with zero attached hydrogens (tertiary/aromatic N) is 1. The fourth-order valence-corrected chi connectivity index (χ4v) is 2.21. The fraction of sp³-hybridized carbons (Fsp3) is 0.750. The lowest BCUT2D eigenvalue weighted by Gasteiger charge is -2.10. The lowest BCUT2D eigenvalue weighted by Crippen LogP contribution is -2.32. The predicted molar refractivity (Wildman–Crippen MR) is 64.7 cm³/mol. The maximum atomic E-state index is 11.8. The first-order chi connectivity index (χ1) is 8.19. The number of amides is 2. The van der Waals surface area contributed by atoms with E-state index in [0.29, 0.717) is 0 Å². The monoisotopic (exact) mass is 256 g/mol. The summed E-state index contributed by atoms with van der Waals surface area (Å²) in [6.07, 6.45) is 0.226. The highest BCUT2D eigenvalue weighted by Crippen LogP contribution is 2.58. The molecule has 0 aromatic heterocycles. The number of aliphatic carboxylic acids is 1. The quantitative estimate of drug-likeness (QED) is 0.721. The molecule has 0 aliphatic heterocycles. The van der Waals surface area contributed by atoms with Crippen molar-refractivity contribution >= 4 is 17.8 Å². The first-order valence-corrected chi connectivity index (χ1v) is 5.90. The predicted octanol–water partition coefficient (Wildman–Crippen LogP) is -0.0623. The second-order valence-corrected chi connectivity index (χ2v) is 5.44. The van der Waals surface area contributed by atoms with Crippen molar-refractivity contribution in [2.45, 2.75) is 20.3 Å². The highest BCUT2D eigenvalue weighted by Gasteiger charge is 2.65. The van der Waals surface area contributed by atoms with Crippen LogP contribution < -0.4 is 5.32 Å². The molecular weight excluding hydrogens is 236 g/mol. The van der Waals surface area contributed by atoms with Gasteiger partial charge in [-0.05, 0) is 5.41 Å². The van der Waals surface area contributed by atoms with Crippen molar-refractivity contribution in [1.29, 1.82) is 0 Å². The number of nitrogens with one attached hydrogen (secondary N) is 1. The van der Waals surface area contributed by atoms with Gasteiger partial charge in [0.2, 0.25) is 11.8 Å². The van der Waals surface area contributed by atoms with Crippen LogP contribution in [-0.4, -0.2) is 48.4 Å². The van der Waals surface area contributed by atoms with Gasteiger partial charge in [0.05, 0.1) is 11.8 Å². The molecule has 0 bridgehead atoms. The first kappa shape index (κ1) is 14.5. The Kier molecular flexibility index (Phi) is 3.98. The van der Waals surface area contributed by atoms with E-state index in [1.54, 1.807) is 27.9 Å². The van der Waals surface area contributed by atoms with E-state index in [-0.39, 0.29) is 24.8 Å². The van der Waals surface area contributed by atoms with E-state index in [2.05, 4.69) is 5.32 Å². The largest absolute Gasteiger partial charge is 0.481 e. The van der Waals surface area contributed by atoms with Crippen LogP contribution in [0.2, 0.25) is 0 Å². The van der Waals surface area contributed by atoms with Gasteiger partial charge < -0.3 is 15.3 Å². The van der Waals surface area contributed by atoms with E-state index in [1.807, 2.05) is 0 Å². The Morgan fingerprint density at radius 3 is 2.17 bits per heavy atom. The molecule has 0 aromatic carbocycles. The summed E-state index contributed by atoms with van der Waals surface area (Å²) >= 11 is 0. The molecule has 1 aliphatic rings. The average Bonchev–Trinajstić information content (AvgIpc) is 2.81. The minimum Gasteiger partial charge on any atom is -0.481 e. The van der Waals surface area contributed by atoms with Crippen molar-refractivity contribution in [3.63, 3.8) is 0 Å². The number of rotatable bonds is 5. The van der Waals surface area contributed by atoms with Crippen molar-refractivity contribution < 1.29 is 19.5 Å². The Morgan fingerprint density at radius 1 is 1.22 bits per heavy atom. The molecule has 1 saturated carbocycles. The van der Waals surface area contributed by atoms with Crippen molar-refractivity contribution in [3.8, 4) is 0 Å². The Morgan fingerprint density at radius 2 is 1.78 bits per heavy atom. The lowest BCUT2D eigenvalue weighted by molar-refractivity contribution is -0.140. The molecule has 18 heavy (non-hydrogen) atoms. The van der Waals surface area contributed by atoms with E-state index in [4.69, 9.17) is 5.11 Å². The molecule has 0 radical (unpaired) electrons. The summed E-state index contributed by atoms with van der Waals surface area (Å²) in [5, 5.41) is 11.6. The number of carbonyl (C=O) groups is 3. The normalized spacial score (nSPS) is 24.2. The molecule has 0 aromatic rings. The van der Waals surface area contributed by atoms with Gasteiger partial charge in [0.15, 0.2) is 0 Å². The Bertz CT molecular complexity index is 376. The van der Waals surface area contributed by atoms with E-state index < -0.39 is 23.2 Å². The minimum atomic E-state index is -0.940. The van der Waals surface area contributed by atoms with E-state index in [0.717, 1.165) is 0 Å². The van der Waals surface area contributed by atoms with Crippen molar-refractivity contribution in [1.82, 2.24) is 10.2 Å². The van der Waals surface area contributed by atoms with E-state index in [9.17, 15) is 14.4 Å². The summed E-state index contributed by atoms with van der Waals surface area (Å²) in [5.74, 6) is -2.41. The van der Waals surface area contributed by atoms with Crippen molar-refractivity contribution in [2.75, 3.05) is 20.6 Å². The molecule has 2 amide bonds. The van der Waals surface area contributed by atoms with Crippen molar-refractivity contribution in [3.05, 3.63) is 0 Å². The molecule has 1 rings (SSSR count). The molecule has 0 heterocycles. The minimum absolute atomic E-state index is 0.0693. The SMILES string of the molecule is CN(C)C(=O)CCNC(=O)C1C(C(=O)O)C1(C)C. The Balaban J connectivity index is 2.40. The van der Waals surface area contributed by atoms with Gasteiger partial charge in [0.1, 0.15) is 0 Å². The zero-order valence-corrected chi connectivity index (χ0v) is 11.2. The summed E-state index contributed by atoms with van der Waals surface area (Å²) in [4.78, 5) is 35.5. The summed E-state index contributed by atoms with van der Waals surface area (Å²) in [5.41, 5.74) is -0.499. The van der Waals surface area contributed by atoms with Crippen LogP contribution in [0.5, 0.6) is 0 Å². The average molecular weight is 256 g/mol. The zero-order chi connectivity index (χ0) is 14.1. The highest BCUT2D eigenvalue weighted by molar-refractivity contribution is 5.91. The number of carboxylic acid groups (broad SMARTS) is 1. The second-order valence-electron chi connectivity index (χ2n) is 5.44. The summed E-state index contributed by atoms with van der Waals surface area (Å²) < 4.78 is 0. The van der Waals surface area contributed by atoms with Gasteiger partial charge in [-0.25, -0.2) is 0 Å². The van der Waals surface area contributed by atoms with Crippen LogP contribution in [0.3, 0.4) is 0 Å². The highest BCUT2D eigenvalue weighted by atomic mass is 16.4. The van der Waals surface area contributed by atoms with Gasteiger partial charge in [-0.2, -0.15) is 0 Å². The summed E-state index contributed by atoms with van der Waals surface area (Å²) in [7, 11) is 3.29. The van der Waals surface area contributed by atoms with Crippen LogP contribution in [0.25, 0.3) is 0 Å². The van der Waals surface area contributed by atoms with Crippen molar-refractivity contribution in [2.24, 2.45) is 17.3 Å². The molecule has 0 spiro atoms. The topological polar surface area (TPSA) is 86.7 Å². The van der Waals surface area contributed by atoms with Gasteiger partial charge in [0.25, 0.3) is 0 Å². The third-order valence-electron chi connectivity index (χ3n) is 3.51. The molecule has 102 valence electrons. The fourth-order valence-electron chi connectivity index (χ4n) is 2.21. The molecule has 2 atom stereocenters. The van der Waals surface area contributed by atoms with Gasteiger partial charge in [0, 0.05) is 27.1 Å². The van der Waals surface area contributed by atoms with Crippen LogP contribution in [0.1, 0.15) is 20.3 Å². The smallest absolute Gasteiger partial charge is 0.307 e. The van der Waals surface area contributed by atoms with Gasteiger partial charge in [-0.1, -0.05) is 13.8 Å². The maximum Gasteiger partial charge on any atom is 0.307 e. The van der Waals surface area contributed by atoms with Crippen LogP contribution in [-0.2, 0) is 14.4 Å². The number of carbonyl (C=O) groups excluding carboxylic acids is 2. The first-order valence-electron chi connectivity index (χ1n) is 5.90. The molecule has 0 saturated heterocycles. The zero-order valence-electron chi connectivity index (χ0n) is 11.2. The molecule has 2 N–H and O–H groups in total. The van der Waals surface area contributed by atoms with Gasteiger partial charge in [-0.15, -0.1) is 0 Å². The Hall–Kier alpha value is -1.59. The number of carboxylic acids is 1.